The summed E-state index contributed by atoms with van der Waals surface area (Å²) < 4.78 is 26.4. The summed E-state index contributed by atoms with van der Waals surface area (Å²) >= 11 is 0. The van der Waals surface area contributed by atoms with Crippen molar-refractivity contribution in [2.24, 2.45) is 5.73 Å². The van der Waals surface area contributed by atoms with E-state index >= 15 is 0 Å². The normalized spacial score (nSPS) is 22.2. The van der Waals surface area contributed by atoms with Crippen molar-refractivity contribution in [1.29, 1.82) is 0 Å². The lowest BCUT2D eigenvalue weighted by Crippen LogP contribution is -2.43. The lowest BCUT2D eigenvalue weighted by molar-refractivity contribution is -0.0513. The average molecular weight is 251 g/mol. The summed E-state index contributed by atoms with van der Waals surface area (Å²) in [4.78, 5) is 7.15. The first-order valence-corrected chi connectivity index (χ1v) is 6.09. The van der Waals surface area contributed by atoms with Gasteiger partial charge in [-0.25, -0.2) is 13.8 Å². The third kappa shape index (κ3) is 1.88. The Labute approximate surface area is 103 Å². The van der Waals surface area contributed by atoms with Gasteiger partial charge in [0.1, 0.15) is 0 Å². The van der Waals surface area contributed by atoms with E-state index in [1.165, 1.54) is 0 Å². The van der Waals surface area contributed by atoms with Crippen LogP contribution in [0.4, 0.5) is 8.78 Å². The number of aromatic nitrogens is 2. The highest BCUT2D eigenvalue weighted by Gasteiger charge is 2.42. The van der Waals surface area contributed by atoms with Crippen LogP contribution in [0.1, 0.15) is 31.2 Å². The number of nitrogens with two attached hydrogens (primary N) is 1. The highest BCUT2D eigenvalue weighted by Crippen LogP contribution is 2.42. The number of hydrogen-bond acceptors (Lipinski definition) is 2. The maximum atomic E-state index is 13.2. The predicted octanol–water partition coefficient (Wildman–Crippen LogP) is 2.93. The van der Waals surface area contributed by atoms with Crippen molar-refractivity contribution in [1.82, 2.24) is 9.97 Å². The molecule has 0 saturated heterocycles. The number of H-pyrrole nitrogens is 1. The number of aromatic amines is 1. The summed E-state index contributed by atoms with van der Waals surface area (Å²) in [7, 11) is 0. The predicted molar refractivity (Wildman–Crippen MR) is 65.4 cm³/mol. The Hall–Kier alpha value is -1.49. The standard InChI is InChI=1S/C13H15F2N3/c14-13(15)5-3-12(16,4-6-13)9-1-2-10-11(7-9)18-8-17-10/h1-2,7-8H,3-6,16H2,(H,17,18). The number of imidazole rings is 1. The molecule has 0 atom stereocenters. The minimum Gasteiger partial charge on any atom is -0.345 e. The number of halogens is 2. The van der Waals surface area contributed by atoms with Crippen LogP contribution in [-0.4, -0.2) is 15.9 Å². The number of benzene rings is 1. The van der Waals surface area contributed by atoms with Gasteiger partial charge < -0.3 is 10.7 Å². The second-order valence-electron chi connectivity index (χ2n) is 5.15. The second-order valence-corrected chi connectivity index (χ2v) is 5.15. The minimum atomic E-state index is -2.55. The summed E-state index contributed by atoms with van der Waals surface area (Å²) in [6, 6.07) is 5.70. The number of nitrogens with one attached hydrogen (secondary N) is 1. The molecule has 1 aromatic carbocycles. The number of fused-ring (bicyclic) bond motifs is 1. The fourth-order valence-electron chi connectivity index (χ4n) is 2.60. The van der Waals surface area contributed by atoms with Crippen LogP contribution in [0.15, 0.2) is 24.5 Å². The molecule has 0 radical (unpaired) electrons. The van der Waals surface area contributed by atoms with Gasteiger partial charge in [0.25, 0.3) is 0 Å². The van der Waals surface area contributed by atoms with Gasteiger partial charge in [-0.3, -0.25) is 0 Å². The van der Waals surface area contributed by atoms with E-state index in [1.54, 1.807) is 6.33 Å². The number of alkyl halides is 2. The van der Waals surface area contributed by atoms with E-state index in [0.29, 0.717) is 12.8 Å². The zero-order valence-corrected chi connectivity index (χ0v) is 9.92. The summed E-state index contributed by atoms with van der Waals surface area (Å²) in [5.74, 6) is -2.55. The van der Waals surface area contributed by atoms with Crippen LogP contribution in [0.5, 0.6) is 0 Å². The summed E-state index contributed by atoms with van der Waals surface area (Å²) in [6.45, 7) is 0. The maximum Gasteiger partial charge on any atom is 0.248 e. The van der Waals surface area contributed by atoms with Crippen molar-refractivity contribution in [3.63, 3.8) is 0 Å². The molecule has 18 heavy (non-hydrogen) atoms. The monoisotopic (exact) mass is 251 g/mol. The molecule has 3 rings (SSSR count). The molecule has 1 aliphatic carbocycles. The van der Waals surface area contributed by atoms with Gasteiger partial charge in [0.15, 0.2) is 0 Å². The SMILES string of the molecule is NC1(c2ccc3nc[nH]c3c2)CCC(F)(F)CC1. The smallest absolute Gasteiger partial charge is 0.248 e. The first-order chi connectivity index (χ1) is 8.49. The van der Waals surface area contributed by atoms with E-state index < -0.39 is 11.5 Å². The molecule has 1 fully saturated rings. The summed E-state index contributed by atoms with van der Waals surface area (Å²) in [6.07, 6.45) is 1.99. The molecule has 3 N–H and O–H groups in total. The first kappa shape index (κ1) is 11.6. The van der Waals surface area contributed by atoms with Gasteiger partial charge in [-0.05, 0) is 30.5 Å². The van der Waals surface area contributed by atoms with E-state index in [1.807, 2.05) is 18.2 Å². The molecule has 1 aliphatic rings. The Kier molecular flexibility index (Phi) is 2.41. The Morgan fingerprint density at radius 1 is 1.17 bits per heavy atom. The molecule has 2 aromatic rings. The zero-order valence-electron chi connectivity index (χ0n) is 9.92. The quantitative estimate of drug-likeness (QED) is 0.818. The zero-order chi connectivity index (χ0) is 12.8. The summed E-state index contributed by atoms with van der Waals surface area (Å²) in [5, 5.41) is 0. The molecular formula is C13H15F2N3. The van der Waals surface area contributed by atoms with Crippen molar-refractivity contribution >= 4 is 11.0 Å². The van der Waals surface area contributed by atoms with Crippen molar-refractivity contribution < 1.29 is 8.78 Å². The topological polar surface area (TPSA) is 54.7 Å². The minimum absolute atomic E-state index is 0.134. The van der Waals surface area contributed by atoms with Gasteiger partial charge in [0, 0.05) is 18.4 Å². The molecule has 1 saturated carbocycles. The average Bonchev–Trinajstić information content (AvgIpc) is 2.80. The molecule has 96 valence electrons. The van der Waals surface area contributed by atoms with Gasteiger partial charge in [0.05, 0.1) is 17.4 Å². The maximum absolute atomic E-state index is 13.2. The molecule has 0 amide bonds. The largest absolute Gasteiger partial charge is 0.345 e. The van der Waals surface area contributed by atoms with E-state index in [0.717, 1.165) is 16.6 Å². The molecular weight excluding hydrogens is 236 g/mol. The van der Waals surface area contributed by atoms with Crippen LogP contribution in [0.3, 0.4) is 0 Å². The van der Waals surface area contributed by atoms with Crippen LogP contribution < -0.4 is 5.73 Å². The van der Waals surface area contributed by atoms with Crippen molar-refractivity contribution in [3.05, 3.63) is 30.1 Å². The number of nitrogens with zero attached hydrogens (tertiary/aromatic N) is 1. The van der Waals surface area contributed by atoms with Gasteiger partial charge >= 0.3 is 0 Å². The van der Waals surface area contributed by atoms with Gasteiger partial charge in [0.2, 0.25) is 5.92 Å². The highest BCUT2D eigenvalue weighted by atomic mass is 19.3. The first-order valence-electron chi connectivity index (χ1n) is 6.09. The van der Waals surface area contributed by atoms with Crippen molar-refractivity contribution in [3.8, 4) is 0 Å². The van der Waals surface area contributed by atoms with Crippen LogP contribution >= 0.6 is 0 Å². The van der Waals surface area contributed by atoms with Crippen LogP contribution in [0, 0.1) is 0 Å². The Morgan fingerprint density at radius 2 is 1.89 bits per heavy atom. The Morgan fingerprint density at radius 3 is 2.61 bits per heavy atom. The third-order valence-electron chi connectivity index (χ3n) is 3.87. The van der Waals surface area contributed by atoms with Gasteiger partial charge in [-0.2, -0.15) is 0 Å². The van der Waals surface area contributed by atoms with Crippen LogP contribution in [0.25, 0.3) is 11.0 Å². The third-order valence-corrected chi connectivity index (χ3v) is 3.87. The van der Waals surface area contributed by atoms with Crippen molar-refractivity contribution in [2.45, 2.75) is 37.1 Å². The molecule has 0 bridgehead atoms. The lowest BCUT2D eigenvalue weighted by Gasteiger charge is -2.37. The Bertz CT molecular complexity index is 566. The molecule has 0 spiro atoms. The van der Waals surface area contributed by atoms with Gasteiger partial charge in [-0.15, -0.1) is 0 Å². The Balaban J connectivity index is 1.93. The molecule has 3 nitrogen and oxygen atoms in total. The van der Waals surface area contributed by atoms with E-state index in [4.69, 9.17) is 5.73 Å². The molecule has 5 heteroatoms. The fraction of sp³-hybridized carbons (Fsp3) is 0.462. The number of hydrogen-bond donors (Lipinski definition) is 2. The molecule has 1 heterocycles. The van der Waals surface area contributed by atoms with Crippen LogP contribution in [0.2, 0.25) is 0 Å². The van der Waals surface area contributed by atoms with E-state index in [2.05, 4.69) is 9.97 Å². The van der Waals surface area contributed by atoms with E-state index in [9.17, 15) is 8.78 Å². The fourth-order valence-corrected chi connectivity index (χ4v) is 2.60. The molecule has 0 unspecified atom stereocenters. The second kappa shape index (κ2) is 3.75. The summed E-state index contributed by atoms with van der Waals surface area (Å²) in [5.41, 5.74) is 8.33. The lowest BCUT2D eigenvalue weighted by atomic mass is 9.76. The molecule has 0 aliphatic heterocycles. The van der Waals surface area contributed by atoms with Crippen LogP contribution in [-0.2, 0) is 5.54 Å². The van der Waals surface area contributed by atoms with Gasteiger partial charge in [-0.1, -0.05) is 6.07 Å². The number of rotatable bonds is 1. The van der Waals surface area contributed by atoms with E-state index in [-0.39, 0.29) is 12.8 Å². The highest BCUT2D eigenvalue weighted by molar-refractivity contribution is 5.75. The molecule has 1 aromatic heterocycles. The van der Waals surface area contributed by atoms with Crippen molar-refractivity contribution in [2.75, 3.05) is 0 Å².